The van der Waals surface area contributed by atoms with E-state index < -0.39 is 0 Å². The maximum atomic E-state index is 12.4. The van der Waals surface area contributed by atoms with E-state index in [4.69, 9.17) is 9.47 Å². The Kier molecular flexibility index (Phi) is 6.28. The molecule has 5 nitrogen and oxygen atoms in total. The summed E-state index contributed by atoms with van der Waals surface area (Å²) >= 11 is 2.00. The van der Waals surface area contributed by atoms with E-state index in [1.165, 1.54) is 17.2 Å². The Morgan fingerprint density at radius 3 is 2.23 bits per heavy atom. The van der Waals surface area contributed by atoms with E-state index >= 15 is 0 Å². The number of amides is 1. The number of ether oxygens (including phenoxy) is 2. The highest BCUT2D eigenvalue weighted by molar-refractivity contribution is 7.99. The zero-order valence-corrected chi connectivity index (χ0v) is 16.0. The van der Waals surface area contributed by atoms with Crippen LogP contribution >= 0.6 is 11.8 Å². The first-order valence-corrected chi connectivity index (χ1v) is 9.78. The minimum absolute atomic E-state index is 0.153. The van der Waals surface area contributed by atoms with Crippen LogP contribution < -0.4 is 19.7 Å². The molecule has 1 aliphatic rings. The van der Waals surface area contributed by atoms with Crippen molar-refractivity contribution in [2.75, 3.05) is 43.7 Å². The maximum Gasteiger partial charge on any atom is 0.251 e. The second kappa shape index (κ2) is 8.85. The molecular weight excluding hydrogens is 348 g/mol. The summed E-state index contributed by atoms with van der Waals surface area (Å²) in [6.45, 7) is 2.67. The van der Waals surface area contributed by atoms with E-state index in [1.54, 1.807) is 32.4 Å². The highest BCUT2D eigenvalue weighted by atomic mass is 32.2. The third kappa shape index (κ3) is 4.64. The van der Waals surface area contributed by atoms with Gasteiger partial charge in [-0.1, -0.05) is 12.1 Å². The zero-order chi connectivity index (χ0) is 18.4. The van der Waals surface area contributed by atoms with Gasteiger partial charge in [0.15, 0.2) is 0 Å². The van der Waals surface area contributed by atoms with Crippen LogP contribution in [-0.4, -0.2) is 44.7 Å². The third-order valence-electron chi connectivity index (χ3n) is 4.38. The van der Waals surface area contributed by atoms with Crippen LogP contribution in [0.2, 0.25) is 0 Å². The molecule has 0 saturated carbocycles. The van der Waals surface area contributed by atoms with E-state index in [-0.39, 0.29) is 5.91 Å². The molecule has 1 heterocycles. The average Bonchev–Trinajstić information content (AvgIpc) is 2.72. The number of carbonyl (C=O) groups is 1. The van der Waals surface area contributed by atoms with Crippen LogP contribution in [0, 0.1) is 0 Å². The summed E-state index contributed by atoms with van der Waals surface area (Å²) in [5.41, 5.74) is 2.84. The minimum atomic E-state index is -0.153. The number of nitrogens with zero attached hydrogens (tertiary/aromatic N) is 1. The zero-order valence-electron chi connectivity index (χ0n) is 15.2. The number of anilines is 1. The molecule has 0 atom stereocenters. The second-order valence-electron chi connectivity index (χ2n) is 6.05. The Hall–Kier alpha value is -2.34. The van der Waals surface area contributed by atoms with E-state index in [9.17, 15) is 4.79 Å². The van der Waals surface area contributed by atoms with Crippen molar-refractivity contribution < 1.29 is 14.3 Å². The van der Waals surface area contributed by atoms with Crippen LogP contribution in [0.15, 0.2) is 42.5 Å². The SMILES string of the molecule is COc1cc(OC)cc(C(=O)NCc2ccc(N3CCSCC3)cc2)c1. The lowest BCUT2D eigenvalue weighted by Gasteiger charge is -2.28. The van der Waals surface area contributed by atoms with Crippen molar-refractivity contribution >= 4 is 23.4 Å². The van der Waals surface area contributed by atoms with Crippen LogP contribution in [0.5, 0.6) is 11.5 Å². The summed E-state index contributed by atoms with van der Waals surface area (Å²) in [6.07, 6.45) is 0. The highest BCUT2D eigenvalue weighted by Gasteiger charge is 2.12. The van der Waals surface area contributed by atoms with Crippen molar-refractivity contribution in [3.63, 3.8) is 0 Å². The van der Waals surface area contributed by atoms with Crippen LogP contribution in [0.25, 0.3) is 0 Å². The molecule has 26 heavy (non-hydrogen) atoms. The molecule has 0 unspecified atom stereocenters. The quantitative estimate of drug-likeness (QED) is 0.844. The molecule has 1 amide bonds. The van der Waals surface area contributed by atoms with Crippen molar-refractivity contribution in [1.29, 1.82) is 0 Å². The number of thioether (sulfide) groups is 1. The van der Waals surface area contributed by atoms with Crippen molar-refractivity contribution in [2.24, 2.45) is 0 Å². The van der Waals surface area contributed by atoms with Gasteiger partial charge in [0.25, 0.3) is 5.91 Å². The second-order valence-corrected chi connectivity index (χ2v) is 7.27. The van der Waals surface area contributed by atoms with Crippen LogP contribution in [-0.2, 0) is 6.54 Å². The van der Waals surface area contributed by atoms with E-state index in [1.807, 2.05) is 11.8 Å². The largest absolute Gasteiger partial charge is 0.497 e. The Morgan fingerprint density at radius 2 is 1.65 bits per heavy atom. The van der Waals surface area contributed by atoms with Crippen molar-refractivity contribution in [3.05, 3.63) is 53.6 Å². The Bertz CT molecular complexity index is 721. The monoisotopic (exact) mass is 372 g/mol. The summed E-state index contributed by atoms with van der Waals surface area (Å²) in [5, 5.41) is 2.95. The lowest BCUT2D eigenvalue weighted by Crippen LogP contribution is -2.32. The van der Waals surface area contributed by atoms with E-state index in [0.717, 1.165) is 18.7 Å². The van der Waals surface area contributed by atoms with Gasteiger partial charge in [-0.3, -0.25) is 4.79 Å². The molecule has 138 valence electrons. The lowest BCUT2D eigenvalue weighted by molar-refractivity contribution is 0.0950. The molecule has 2 aromatic rings. The Morgan fingerprint density at radius 1 is 1.04 bits per heavy atom. The van der Waals surface area contributed by atoms with E-state index in [2.05, 4.69) is 34.5 Å². The fourth-order valence-electron chi connectivity index (χ4n) is 2.87. The fraction of sp³-hybridized carbons (Fsp3) is 0.350. The van der Waals surface area contributed by atoms with Gasteiger partial charge in [0.2, 0.25) is 0 Å². The Balaban J connectivity index is 1.60. The normalized spacial score (nSPS) is 14.0. The number of nitrogens with one attached hydrogen (secondary N) is 1. The topological polar surface area (TPSA) is 50.8 Å². The minimum Gasteiger partial charge on any atom is -0.497 e. The fourth-order valence-corrected chi connectivity index (χ4v) is 3.77. The van der Waals surface area contributed by atoms with Crippen molar-refractivity contribution in [2.45, 2.75) is 6.54 Å². The maximum absolute atomic E-state index is 12.4. The molecule has 1 N–H and O–H groups in total. The first kappa shape index (κ1) is 18.5. The molecule has 6 heteroatoms. The molecular formula is C20H24N2O3S. The summed E-state index contributed by atoms with van der Waals surface area (Å²) in [6, 6.07) is 13.6. The average molecular weight is 372 g/mol. The number of hydrogen-bond acceptors (Lipinski definition) is 5. The molecule has 2 aromatic carbocycles. The molecule has 1 fully saturated rings. The Labute approximate surface area is 158 Å². The number of hydrogen-bond donors (Lipinski definition) is 1. The molecule has 0 spiro atoms. The van der Waals surface area contributed by atoms with Crippen LogP contribution in [0.1, 0.15) is 15.9 Å². The number of benzene rings is 2. The predicted molar refractivity (Wildman–Crippen MR) is 107 cm³/mol. The molecule has 3 rings (SSSR count). The molecule has 0 aromatic heterocycles. The molecule has 0 aliphatic carbocycles. The predicted octanol–water partition coefficient (Wildman–Crippen LogP) is 3.19. The summed E-state index contributed by atoms with van der Waals surface area (Å²) in [5.74, 6) is 3.40. The lowest BCUT2D eigenvalue weighted by atomic mass is 10.1. The molecule has 1 saturated heterocycles. The highest BCUT2D eigenvalue weighted by Crippen LogP contribution is 2.23. The number of rotatable bonds is 6. The summed E-state index contributed by atoms with van der Waals surface area (Å²) < 4.78 is 10.4. The van der Waals surface area contributed by atoms with Crippen molar-refractivity contribution in [1.82, 2.24) is 5.32 Å². The van der Waals surface area contributed by atoms with Gasteiger partial charge in [0.05, 0.1) is 14.2 Å². The van der Waals surface area contributed by atoms with Gasteiger partial charge in [-0.05, 0) is 29.8 Å². The van der Waals surface area contributed by atoms with Crippen LogP contribution in [0.3, 0.4) is 0 Å². The first-order chi connectivity index (χ1) is 12.7. The third-order valence-corrected chi connectivity index (χ3v) is 5.32. The van der Waals surface area contributed by atoms with E-state index in [0.29, 0.717) is 23.6 Å². The molecule has 1 aliphatic heterocycles. The summed E-state index contributed by atoms with van der Waals surface area (Å²) in [4.78, 5) is 14.8. The molecule has 0 bridgehead atoms. The standard InChI is InChI=1S/C20H24N2O3S/c1-24-18-11-16(12-19(13-18)25-2)20(23)21-14-15-3-5-17(6-4-15)22-7-9-26-10-8-22/h3-6,11-13H,7-10,14H2,1-2H3,(H,21,23). The number of methoxy groups -OCH3 is 2. The summed E-state index contributed by atoms with van der Waals surface area (Å²) in [7, 11) is 3.14. The van der Waals surface area contributed by atoms with Gasteiger partial charge in [-0.25, -0.2) is 0 Å². The first-order valence-electron chi connectivity index (χ1n) is 8.62. The van der Waals surface area contributed by atoms with Gasteiger partial charge in [0.1, 0.15) is 11.5 Å². The van der Waals surface area contributed by atoms with Gasteiger partial charge in [-0.2, -0.15) is 11.8 Å². The van der Waals surface area contributed by atoms with Crippen LogP contribution in [0.4, 0.5) is 5.69 Å². The van der Waals surface area contributed by atoms with Crippen molar-refractivity contribution in [3.8, 4) is 11.5 Å². The van der Waals surface area contributed by atoms with Gasteiger partial charge < -0.3 is 19.7 Å². The van der Waals surface area contributed by atoms with Gasteiger partial charge in [-0.15, -0.1) is 0 Å². The smallest absolute Gasteiger partial charge is 0.251 e. The molecule has 0 radical (unpaired) electrons. The van der Waals surface area contributed by atoms with Gasteiger partial charge >= 0.3 is 0 Å². The van der Waals surface area contributed by atoms with Gasteiger partial charge in [0, 0.05) is 48.5 Å². The number of carbonyl (C=O) groups excluding carboxylic acids is 1.